The van der Waals surface area contributed by atoms with E-state index in [0.29, 0.717) is 5.56 Å². The summed E-state index contributed by atoms with van der Waals surface area (Å²) in [5.74, 6) is 0. The molecule has 30 heavy (non-hydrogen) atoms. The number of carbonyl (C=O) groups excluding carboxylic acids is 1. The number of nitrogens with one attached hydrogen (secondary N) is 1. The number of halogens is 3. The molecule has 13 heteroatoms. The van der Waals surface area contributed by atoms with Crippen molar-refractivity contribution in [2.75, 3.05) is 6.61 Å². The normalized spacial score (nSPS) is 14.6. The molecule has 0 radical (unpaired) electrons. The maximum absolute atomic E-state index is 12.3. The highest BCUT2D eigenvalue weighted by Crippen LogP contribution is 2.26. The Bertz CT molecular complexity index is 824. The molecule has 0 heterocycles. The quantitative estimate of drug-likeness (QED) is 0.198. The molecular formula is C17H23F3N2O7S. The number of alkyl halides is 3. The molecule has 0 saturated carbocycles. The lowest BCUT2D eigenvalue weighted by Crippen LogP contribution is -2.42. The minimum atomic E-state index is -5.79. The van der Waals surface area contributed by atoms with Crippen molar-refractivity contribution in [1.82, 2.24) is 5.32 Å². The Hall–Kier alpha value is -2.41. The highest BCUT2D eigenvalue weighted by Gasteiger charge is 2.47. The Morgan fingerprint density at radius 1 is 1.20 bits per heavy atom. The summed E-state index contributed by atoms with van der Waals surface area (Å²) < 4.78 is 67.7. The third kappa shape index (κ3) is 8.14. The van der Waals surface area contributed by atoms with E-state index < -0.39 is 50.9 Å². The second-order valence-corrected chi connectivity index (χ2v) is 8.86. The van der Waals surface area contributed by atoms with Gasteiger partial charge in [0.15, 0.2) is 0 Å². The number of ether oxygens (including phenoxy) is 1. The van der Waals surface area contributed by atoms with E-state index >= 15 is 0 Å². The average molecular weight is 456 g/mol. The van der Waals surface area contributed by atoms with E-state index in [1.807, 2.05) is 0 Å². The zero-order valence-corrected chi connectivity index (χ0v) is 17.3. The van der Waals surface area contributed by atoms with Gasteiger partial charge in [0.05, 0.1) is 6.61 Å². The molecule has 1 rings (SSSR count). The Kier molecular flexibility index (Phi) is 8.60. The van der Waals surface area contributed by atoms with Crippen LogP contribution in [-0.4, -0.2) is 43.2 Å². The van der Waals surface area contributed by atoms with Gasteiger partial charge in [-0.25, -0.2) is 4.79 Å². The number of amides is 1. The molecule has 170 valence electrons. The molecule has 0 bridgehead atoms. The van der Waals surface area contributed by atoms with E-state index in [1.165, 1.54) is 12.1 Å². The third-order valence-corrected chi connectivity index (χ3v) is 4.70. The number of nitro groups is 1. The summed E-state index contributed by atoms with van der Waals surface area (Å²) in [4.78, 5) is 23.1. The largest absolute Gasteiger partial charge is 0.523 e. The van der Waals surface area contributed by atoms with Crippen LogP contribution in [0.4, 0.5) is 18.0 Å². The summed E-state index contributed by atoms with van der Waals surface area (Å²) in [6.07, 6.45) is -1.66. The van der Waals surface area contributed by atoms with Gasteiger partial charge in [-0.3, -0.25) is 14.3 Å². The topological polar surface area (TPSA) is 125 Å². The zero-order chi connectivity index (χ0) is 23.2. The van der Waals surface area contributed by atoms with Gasteiger partial charge in [-0.05, 0) is 32.8 Å². The van der Waals surface area contributed by atoms with Gasteiger partial charge >= 0.3 is 21.7 Å². The molecule has 9 nitrogen and oxygen atoms in total. The molecule has 0 aliphatic heterocycles. The first-order chi connectivity index (χ1) is 13.6. The van der Waals surface area contributed by atoms with Gasteiger partial charge in [-0.15, -0.1) is 0 Å². The highest BCUT2D eigenvalue weighted by molar-refractivity contribution is 7.87. The van der Waals surface area contributed by atoms with Crippen molar-refractivity contribution in [1.29, 1.82) is 0 Å². The number of benzene rings is 1. The van der Waals surface area contributed by atoms with Crippen LogP contribution in [0.3, 0.4) is 0 Å². The number of hydrogen-bond donors (Lipinski definition) is 1. The molecule has 0 unspecified atom stereocenters. The van der Waals surface area contributed by atoms with Crippen molar-refractivity contribution >= 4 is 16.2 Å². The summed E-state index contributed by atoms with van der Waals surface area (Å²) in [6, 6.07) is 5.26. The first kappa shape index (κ1) is 25.6. The second-order valence-electron chi connectivity index (χ2n) is 7.25. The fraction of sp³-hybridized carbons (Fsp3) is 0.588. The van der Waals surface area contributed by atoms with Crippen molar-refractivity contribution in [3.8, 4) is 0 Å². The van der Waals surface area contributed by atoms with Crippen molar-refractivity contribution < 1.29 is 40.2 Å². The second kappa shape index (κ2) is 10.1. The van der Waals surface area contributed by atoms with Crippen LogP contribution >= 0.6 is 0 Å². The molecule has 1 amide bonds. The van der Waals surface area contributed by atoms with E-state index in [0.717, 1.165) is 0 Å². The van der Waals surface area contributed by atoms with Crippen LogP contribution in [0.15, 0.2) is 30.3 Å². The van der Waals surface area contributed by atoms with E-state index in [-0.39, 0.29) is 12.8 Å². The minimum absolute atomic E-state index is 0.365. The van der Waals surface area contributed by atoms with Gasteiger partial charge in [0.2, 0.25) is 6.04 Å². The summed E-state index contributed by atoms with van der Waals surface area (Å²) in [5, 5.41) is 14.0. The molecule has 2 atom stereocenters. The Balaban J connectivity index is 2.95. The van der Waals surface area contributed by atoms with Crippen molar-refractivity contribution in [2.45, 2.75) is 56.8 Å². The number of alkyl carbamates (subject to hydrolysis) is 1. The molecule has 0 aliphatic rings. The van der Waals surface area contributed by atoms with Crippen LogP contribution in [0.25, 0.3) is 0 Å². The predicted molar refractivity (Wildman–Crippen MR) is 99.5 cm³/mol. The van der Waals surface area contributed by atoms with Crippen molar-refractivity contribution in [3.63, 3.8) is 0 Å². The SMILES string of the molecule is CC(C)(C)OC(=O)N[C@H](c1ccccc1)[C@H](CCCOS(=O)(=O)C(F)(F)F)[N+](=O)[O-]. The fourth-order valence-electron chi connectivity index (χ4n) is 2.42. The number of carbonyl (C=O) groups is 1. The van der Waals surface area contributed by atoms with Crippen LogP contribution in [0, 0.1) is 10.1 Å². The van der Waals surface area contributed by atoms with E-state index in [2.05, 4.69) is 9.50 Å². The third-order valence-electron chi connectivity index (χ3n) is 3.65. The van der Waals surface area contributed by atoms with Crippen LogP contribution in [-0.2, 0) is 19.0 Å². The lowest BCUT2D eigenvalue weighted by molar-refractivity contribution is -0.528. The highest BCUT2D eigenvalue weighted by atomic mass is 32.2. The monoisotopic (exact) mass is 456 g/mol. The van der Waals surface area contributed by atoms with Gasteiger partial charge in [0, 0.05) is 11.3 Å². The minimum Gasteiger partial charge on any atom is -0.444 e. The van der Waals surface area contributed by atoms with Gasteiger partial charge in [0.1, 0.15) is 11.6 Å². The molecule has 0 aromatic heterocycles. The van der Waals surface area contributed by atoms with Crippen molar-refractivity contribution in [2.24, 2.45) is 0 Å². The number of nitrogens with zero attached hydrogens (tertiary/aromatic N) is 1. The summed E-state index contributed by atoms with van der Waals surface area (Å²) in [5.41, 5.74) is -6.08. The first-order valence-corrected chi connectivity index (χ1v) is 10.2. The predicted octanol–water partition coefficient (Wildman–Crippen LogP) is 3.54. The average Bonchev–Trinajstić information content (AvgIpc) is 2.58. The van der Waals surface area contributed by atoms with Crippen molar-refractivity contribution in [3.05, 3.63) is 46.0 Å². The number of rotatable bonds is 9. The maximum atomic E-state index is 12.3. The van der Waals surface area contributed by atoms with Gasteiger partial charge < -0.3 is 10.1 Å². The zero-order valence-electron chi connectivity index (χ0n) is 16.5. The fourth-order valence-corrected chi connectivity index (χ4v) is 2.89. The molecule has 0 saturated heterocycles. The van der Waals surface area contributed by atoms with Gasteiger partial charge in [-0.2, -0.15) is 21.6 Å². The molecule has 0 spiro atoms. The van der Waals surface area contributed by atoms with Gasteiger partial charge in [0.25, 0.3) is 0 Å². The van der Waals surface area contributed by atoms with E-state index in [1.54, 1.807) is 39.0 Å². The smallest absolute Gasteiger partial charge is 0.444 e. The summed E-state index contributed by atoms with van der Waals surface area (Å²) in [6.45, 7) is 3.91. The maximum Gasteiger partial charge on any atom is 0.523 e. The molecule has 1 aromatic carbocycles. The molecular weight excluding hydrogens is 433 g/mol. The molecule has 0 aliphatic carbocycles. The van der Waals surface area contributed by atoms with Gasteiger partial charge in [-0.1, -0.05) is 30.3 Å². The van der Waals surface area contributed by atoms with Crippen LogP contribution in [0.5, 0.6) is 0 Å². The van der Waals surface area contributed by atoms with E-state index in [4.69, 9.17) is 4.74 Å². The lowest BCUT2D eigenvalue weighted by Gasteiger charge is -2.25. The Labute approximate surface area is 171 Å². The van der Waals surface area contributed by atoms with Crippen LogP contribution in [0.1, 0.15) is 45.2 Å². The molecule has 0 fully saturated rings. The first-order valence-electron chi connectivity index (χ1n) is 8.78. The molecule has 1 aromatic rings. The lowest BCUT2D eigenvalue weighted by atomic mass is 9.96. The van der Waals surface area contributed by atoms with E-state index in [9.17, 15) is 36.5 Å². The summed E-state index contributed by atoms with van der Waals surface area (Å²) >= 11 is 0. The number of hydrogen-bond acceptors (Lipinski definition) is 7. The summed E-state index contributed by atoms with van der Waals surface area (Å²) in [7, 11) is -5.79. The Morgan fingerprint density at radius 2 is 1.77 bits per heavy atom. The standard InChI is InChI=1S/C17H23F3N2O7S/c1-16(2,3)29-15(23)21-14(12-8-5-4-6-9-12)13(22(24)25)10-7-11-28-30(26,27)17(18,19)20/h4-6,8-9,13-14H,7,10-11H2,1-3H3,(H,21,23)/t13-,14+/m0/s1. The van der Waals surface area contributed by atoms with Crippen LogP contribution in [0.2, 0.25) is 0 Å². The molecule has 1 N–H and O–H groups in total. The van der Waals surface area contributed by atoms with Crippen LogP contribution < -0.4 is 5.32 Å². The Morgan fingerprint density at radius 3 is 2.23 bits per heavy atom.